The molecule has 0 heterocycles. The van der Waals surface area contributed by atoms with E-state index in [2.05, 4.69) is 16.6 Å². The largest absolute Gasteiger partial charge is 0.480 e. The molecule has 0 bridgehead atoms. The number of hydrogen-bond donors (Lipinski definition) is 2. The summed E-state index contributed by atoms with van der Waals surface area (Å²) in [4.78, 5) is 21.0. The summed E-state index contributed by atoms with van der Waals surface area (Å²) in [7, 11) is 0. The first-order valence-corrected chi connectivity index (χ1v) is 3.42. The topological polar surface area (TPSA) is 75.6 Å². The first-order valence-electron chi connectivity index (χ1n) is 3.42. The number of carbonyl (C=O) groups is 2. The highest BCUT2D eigenvalue weighted by molar-refractivity contribution is 5.79. The van der Waals surface area contributed by atoms with Crippen molar-refractivity contribution in [3.05, 3.63) is 12.8 Å². The Bertz CT molecular complexity index is 190. The van der Waals surface area contributed by atoms with Crippen molar-refractivity contribution < 1.29 is 19.4 Å². The minimum absolute atomic E-state index is 0.307. The molecule has 0 aliphatic rings. The lowest BCUT2D eigenvalue weighted by molar-refractivity contribution is -0.139. The van der Waals surface area contributed by atoms with Gasteiger partial charge in [-0.2, -0.15) is 0 Å². The van der Waals surface area contributed by atoms with Crippen molar-refractivity contribution in [2.75, 3.05) is 0 Å². The van der Waals surface area contributed by atoms with Crippen LogP contribution in [-0.4, -0.2) is 23.2 Å². The van der Waals surface area contributed by atoms with Gasteiger partial charge in [-0.1, -0.05) is 13.5 Å². The van der Waals surface area contributed by atoms with Crippen LogP contribution in [0, 0.1) is 0 Å². The van der Waals surface area contributed by atoms with Gasteiger partial charge in [0.1, 0.15) is 6.04 Å². The van der Waals surface area contributed by atoms with Crippen LogP contribution in [0.2, 0.25) is 0 Å². The molecule has 0 radical (unpaired) electrons. The number of carbonyl (C=O) groups excluding carboxylic acids is 1. The third kappa shape index (κ3) is 3.60. The van der Waals surface area contributed by atoms with Gasteiger partial charge in [0.15, 0.2) is 0 Å². The Balaban J connectivity index is 3.93. The molecular formula is C7H11NO4. The highest BCUT2D eigenvalue weighted by Crippen LogP contribution is 1.91. The van der Waals surface area contributed by atoms with E-state index in [4.69, 9.17) is 5.11 Å². The fourth-order valence-corrected chi connectivity index (χ4v) is 0.590. The van der Waals surface area contributed by atoms with Crippen LogP contribution in [0.15, 0.2) is 12.8 Å². The maximum absolute atomic E-state index is 10.6. The molecule has 0 spiro atoms. The number of carboxylic acid groups (broad SMARTS) is 1. The van der Waals surface area contributed by atoms with E-state index in [-0.39, 0.29) is 0 Å². The predicted molar refractivity (Wildman–Crippen MR) is 41.5 cm³/mol. The van der Waals surface area contributed by atoms with Gasteiger partial charge in [0.05, 0.1) is 6.26 Å². The lowest BCUT2D eigenvalue weighted by Crippen LogP contribution is -2.39. The van der Waals surface area contributed by atoms with Crippen LogP contribution in [0.25, 0.3) is 0 Å². The average molecular weight is 173 g/mol. The molecule has 0 saturated heterocycles. The molecular weight excluding hydrogens is 162 g/mol. The number of ether oxygens (including phenoxy) is 1. The zero-order valence-electron chi connectivity index (χ0n) is 6.74. The van der Waals surface area contributed by atoms with Crippen LogP contribution in [0.4, 0.5) is 4.79 Å². The first kappa shape index (κ1) is 10.5. The van der Waals surface area contributed by atoms with Crippen LogP contribution in [0.3, 0.4) is 0 Å². The third-order valence-electron chi connectivity index (χ3n) is 1.19. The first-order chi connectivity index (χ1) is 5.61. The molecule has 0 aliphatic carbocycles. The van der Waals surface area contributed by atoms with E-state index in [0.717, 1.165) is 6.26 Å². The van der Waals surface area contributed by atoms with Crippen molar-refractivity contribution in [2.45, 2.75) is 19.4 Å². The zero-order chi connectivity index (χ0) is 9.56. The molecule has 5 nitrogen and oxygen atoms in total. The standard InChI is InChI=1S/C7H11NO4/c1-3-5(6(9)10)8-7(11)12-4-2/h4-5H,2-3H2,1H3,(H,8,11)(H,9,10). The van der Waals surface area contributed by atoms with Crippen LogP contribution in [0.5, 0.6) is 0 Å². The van der Waals surface area contributed by atoms with E-state index >= 15 is 0 Å². The molecule has 1 unspecified atom stereocenters. The number of alkyl carbamates (subject to hydrolysis) is 1. The average Bonchev–Trinajstić information content (AvgIpc) is 2.00. The van der Waals surface area contributed by atoms with Crippen LogP contribution < -0.4 is 5.32 Å². The van der Waals surface area contributed by atoms with Gasteiger partial charge in [0.2, 0.25) is 0 Å². The SMILES string of the molecule is C=COC(=O)NC(CC)C(=O)O. The smallest absolute Gasteiger partial charge is 0.412 e. The molecule has 68 valence electrons. The summed E-state index contributed by atoms with van der Waals surface area (Å²) < 4.78 is 4.27. The van der Waals surface area contributed by atoms with Crippen molar-refractivity contribution in [2.24, 2.45) is 0 Å². The Hall–Kier alpha value is -1.52. The summed E-state index contributed by atoms with van der Waals surface area (Å²) in [6.45, 7) is 4.79. The second kappa shape index (κ2) is 5.17. The number of amides is 1. The van der Waals surface area contributed by atoms with Crippen molar-refractivity contribution in [3.63, 3.8) is 0 Å². The highest BCUT2D eigenvalue weighted by atomic mass is 16.5. The van der Waals surface area contributed by atoms with Crippen molar-refractivity contribution in [3.8, 4) is 0 Å². The molecule has 0 fully saturated rings. The maximum Gasteiger partial charge on any atom is 0.412 e. The Morgan fingerprint density at radius 3 is 2.67 bits per heavy atom. The normalized spacial score (nSPS) is 11.4. The van der Waals surface area contributed by atoms with E-state index in [1.54, 1.807) is 6.92 Å². The third-order valence-corrected chi connectivity index (χ3v) is 1.19. The van der Waals surface area contributed by atoms with Gasteiger partial charge in [-0.15, -0.1) is 0 Å². The molecule has 12 heavy (non-hydrogen) atoms. The number of rotatable bonds is 4. The quantitative estimate of drug-likeness (QED) is 0.614. The van der Waals surface area contributed by atoms with E-state index < -0.39 is 18.1 Å². The molecule has 0 saturated carbocycles. The predicted octanol–water partition coefficient (Wildman–Crippen LogP) is 0.719. The van der Waals surface area contributed by atoms with Crippen LogP contribution in [0.1, 0.15) is 13.3 Å². The molecule has 0 aromatic heterocycles. The maximum atomic E-state index is 10.6. The second-order valence-corrected chi connectivity index (χ2v) is 2.02. The monoisotopic (exact) mass is 173 g/mol. The lowest BCUT2D eigenvalue weighted by atomic mass is 10.2. The van der Waals surface area contributed by atoms with Crippen LogP contribution in [-0.2, 0) is 9.53 Å². The molecule has 5 heteroatoms. The second-order valence-electron chi connectivity index (χ2n) is 2.02. The summed E-state index contributed by atoms with van der Waals surface area (Å²) in [5.41, 5.74) is 0. The van der Waals surface area contributed by atoms with Gasteiger partial charge in [-0.3, -0.25) is 0 Å². The minimum Gasteiger partial charge on any atom is -0.480 e. The van der Waals surface area contributed by atoms with Crippen molar-refractivity contribution in [1.82, 2.24) is 5.32 Å². The Morgan fingerprint density at radius 1 is 1.75 bits per heavy atom. The van der Waals surface area contributed by atoms with E-state index in [1.165, 1.54) is 0 Å². The Kier molecular flexibility index (Phi) is 4.52. The summed E-state index contributed by atoms with van der Waals surface area (Å²) in [6.07, 6.45) is 0.435. The Labute approximate surface area is 70.0 Å². The Morgan fingerprint density at radius 2 is 2.33 bits per heavy atom. The minimum atomic E-state index is -1.08. The molecule has 0 aliphatic heterocycles. The summed E-state index contributed by atoms with van der Waals surface area (Å²) in [6, 6.07) is -0.905. The summed E-state index contributed by atoms with van der Waals surface area (Å²) in [5.74, 6) is -1.08. The van der Waals surface area contributed by atoms with Gasteiger partial charge < -0.3 is 15.2 Å². The molecule has 1 amide bonds. The number of hydrogen-bond acceptors (Lipinski definition) is 3. The van der Waals surface area contributed by atoms with Crippen molar-refractivity contribution in [1.29, 1.82) is 0 Å². The number of nitrogens with one attached hydrogen (secondary N) is 1. The molecule has 2 N–H and O–H groups in total. The highest BCUT2D eigenvalue weighted by Gasteiger charge is 2.17. The van der Waals surface area contributed by atoms with Crippen LogP contribution >= 0.6 is 0 Å². The van der Waals surface area contributed by atoms with Gasteiger partial charge in [0, 0.05) is 0 Å². The van der Waals surface area contributed by atoms with E-state index in [1.807, 2.05) is 0 Å². The fourth-order valence-electron chi connectivity index (χ4n) is 0.590. The van der Waals surface area contributed by atoms with E-state index in [0.29, 0.717) is 6.42 Å². The molecule has 0 aromatic carbocycles. The van der Waals surface area contributed by atoms with Gasteiger partial charge in [0.25, 0.3) is 0 Å². The van der Waals surface area contributed by atoms with Gasteiger partial charge in [-0.05, 0) is 6.42 Å². The number of aliphatic carboxylic acids is 1. The van der Waals surface area contributed by atoms with Gasteiger partial charge in [-0.25, -0.2) is 9.59 Å². The van der Waals surface area contributed by atoms with Gasteiger partial charge >= 0.3 is 12.1 Å². The fraction of sp³-hybridized carbons (Fsp3) is 0.429. The molecule has 1 atom stereocenters. The molecule has 0 aromatic rings. The molecule has 0 rings (SSSR count). The van der Waals surface area contributed by atoms with Crippen molar-refractivity contribution >= 4 is 12.1 Å². The summed E-state index contributed by atoms with van der Waals surface area (Å²) >= 11 is 0. The lowest BCUT2D eigenvalue weighted by Gasteiger charge is -2.09. The summed E-state index contributed by atoms with van der Waals surface area (Å²) in [5, 5.41) is 10.6. The van der Waals surface area contributed by atoms with E-state index in [9.17, 15) is 9.59 Å². The zero-order valence-corrected chi connectivity index (χ0v) is 6.74. The number of carboxylic acids is 1.